The van der Waals surface area contributed by atoms with E-state index in [0.717, 1.165) is 55.0 Å². The predicted molar refractivity (Wildman–Crippen MR) is 116 cm³/mol. The topological polar surface area (TPSA) is 84.2 Å². The fourth-order valence-electron chi connectivity index (χ4n) is 5.34. The van der Waals surface area contributed by atoms with E-state index < -0.39 is 0 Å². The molecule has 2 aromatic rings. The third kappa shape index (κ3) is 3.72. The third-order valence-electron chi connectivity index (χ3n) is 7.08. The van der Waals surface area contributed by atoms with Gasteiger partial charge in [-0.05, 0) is 39.0 Å². The molecule has 1 aliphatic carbocycles. The summed E-state index contributed by atoms with van der Waals surface area (Å²) in [7, 11) is 1.82. The van der Waals surface area contributed by atoms with Gasteiger partial charge in [0.1, 0.15) is 11.6 Å². The Bertz CT molecular complexity index is 1000. The van der Waals surface area contributed by atoms with Crippen molar-refractivity contribution in [2.24, 2.45) is 7.05 Å². The summed E-state index contributed by atoms with van der Waals surface area (Å²) in [5.74, 6) is 2.15. The third-order valence-corrected chi connectivity index (χ3v) is 7.08. The lowest BCUT2D eigenvalue weighted by atomic mass is 9.94. The number of hydrogen-bond acceptors (Lipinski definition) is 5. The zero-order chi connectivity index (χ0) is 21.5. The van der Waals surface area contributed by atoms with Crippen LogP contribution in [0.5, 0.6) is 0 Å². The summed E-state index contributed by atoms with van der Waals surface area (Å²) in [6.45, 7) is 3.42. The number of anilines is 1. The number of carbonyl (C=O) groups is 2. The van der Waals surface area contributed by atoms with E-state index in [1.165, 1.54) is 12.8 Å². The molecule has 0 N–H and O–H groups in total. The SMILES string of the molecule is Cc1nc(C2CCN(C(=O)c3cnn(C)c3)CC2)nc2c1CCC(=O)N2C1CCCC1. The molecule has 8 heteroatoms. The first-order chi connectivity index (χ1) is 15.0. The number of fused-ring (bicyclic) bond motifs is 1. The fourth-order valence-corrected chi connectivity index (χ4v) is 5.34. The quantitative estimate of drug-likeness (QED) is 0.759. The van der Waals surface area contributed by atoms with Gasteiger partial charge in [0.25, 0.3) is 5.91 Å². The van der Waals surface area contributed by atoms with Gasteiger partial charge in [-0.3, -0.25) is 19.2 Å². The Kier molecular flexibility index (Phi) is 5.24. The molecule has 0 bridgehead atoms. The highest BCUT2D eigenvalue weighted by Gasteiger charge is 2.36. The molecule has 1 saturated carbocycles. The molecule has 2 amide bonds. The van der Waals surface area contributed by atoms with Crippen molar-refractivity contribution in [3.63, 3.8) is 0 Å². The summed E-state index contributed by atoms with van der Waals surface area (Å²) in [6.07, 6.45) is 10.9. The van der Waals surface area contributed by atoms with Gasteiger partial charge in [0, 0.05) is 56.0 Å². The van der Waals surface area contributed by atoms with Crippen molar-refractivity contribution in [3.05, 3.63) is 35.0 Å². The monoisotopic (exact) mass is 422 g/mol. The van der Waals surface area contributed by atoms with Crippen molar-refractivity contribution >= 4 is 17.6 Å². The molecule has 0 radical (unpaired) electrons. The Hall–Kier alpha value is -2.77. The van der Waals surface area contributed by atoms with Gasteiger partial charge < -0.3 is 4.90 Å². The number of aromatic nitrogens is 4. The molecule has 2 aromatic heterocycles. The highest BCUT2D eigenvalue weighted by Crippen LogP contribution is 2.36. The van der Waals surface area contributed by atoms with E-state index in [1.54, 1.807) is 17.1 Å². The first-order valence-electron chi connectivity index (χ1n) is 11.5. The van der Waals surface area contributed by atoms with E-state index in [9.17, 15) is 9.59 Å². The molecule has 8 nitrogen and oxygen atoms in total. The fraction of sp³-hybridized carbons (Fsp3) is 0.609. The van der Waals surface area contributed by atoms with Crippen molar-refractivity contribution in [1.29, 1.82) is 0 Å². The number of hydrogen-bond donors (Lipinski definition) is 0. The first-order valence-corrected chi connectivity index (χ1v) is 11.5. The second kappa shape index (κ2) is 8.05. The Labute approximate surface area is 182 Å². The van der Waals surface area contributed by atoms with Crippen LogP contribution in [0, 0.1) is 6.92 Å². The largest absolute Gasteiger partial charge is 0.339 e. The summed E-state index contributed by atoms with van der Waals surface area (Å²) in [4.78, 5) is 39.3. The molecule has 0 aromatic carbocycles. The molecule has 4 heterocycles. The molecular formula is C23H30N6O2. The average molecular weight is 423 g/mol. The normalized spacial score (nSPS) is 20.4. The Balaban J connectivity index is 1.35. The highest BCUT2D eigenvalue weighted by atomic mass is 16.2. The van der Waals surface area contributed by atoms with Crippen LogP contribution >= 0.6 is 0 Å². The van der Waals surface area contributed by atoms with Crippen LogP contribution in [0.4, 0.5) is 5.82 Å². The molecule has 31 heavy (non-hydrogen) atoms. The maximum absolute atomic E-state index is 12.8. The van der Waals surface area contributed by atoms with E-state index in [1.807, 2.05) is 23.8 Å². The molecular weight excluding hydrogens is 392 g/mol. The van der Waals surface area contributed by atoms with Crippen LogP contribution in [0.25, 0.3) is 0 Å². The minimum Gasteiger partial charge on any atom is -0.339 e. The van der Waals surface area contributed by atoms with Crippen LogP contribution in [0.2, 0.25) is 0 Å². The van der Waals surface area contributed by atoms with Crippen LogP contribution in [0.1, 0.15) is 78.3 Å². The predicted octanol–water partition coefficient (Wildman–Crippen LogP) is 2.76. The lowest BCUT2D eigenvalue weighted by Crippen LogP contribution is -2.43. The zero-order valence-corrected chi connectivity index (χ0v) is 18.4. The second-order valence-electron chi connectivity index (χ2n) is 9.14. The molecule has 5 rings (SSSR count). The Morgan fingerprint density at radius 3 is 2.48 bits per heavy atom. The van der Waals surface area contributed by atoms with Crippen LogP contribution in [0.15, 0.2) is 12.4 Å². The first kappa shape index (κ1) is 20.2. The minimum absolute atomic E-state index is 0.0343. The number of aryl methyl sites for hydroxylation is 2. The van der Waals surface area contributed by atoms with Gasteiger partial charge in [0.2, 0.25) is 5.91 Å². The lowest BCUT2D eigenvalue weighted by molar-refractivity contribution is -0.119. The minimum atomic E-state index is 0.0343. The van der Waals surface area contributed by atoms with E-state index in [0.29, 0.717) is 25.1 Å². The zero-order valence-electron chi connectivity index (χ0n) is 18.4. The number of amides is 2. The maximum Gasteiger partial charge on any atom is 0.257 e. The van der Waals surface area contributed by atoms with E-state index in [-0.39, 0.29) is 23.8 Å². The van der Waals surface area contributed by atoms with E-state index in [4.69, 9.17) is 9.97 Å². The van der Waals surface area contributed by atoms with Crippen LogP contribution in [-0.4, -0.2) is 55.6 Å². The molecule has 3 aliphatic rings. The number of likely N-dealkylation sites (tertiary alicyclic amines) is 1. The second-order valence-corrected chi connectivity index (χ2v) is 9.14. The molecule has 1 saturated heterocycles. The molecule has 2 aliphatic heterocycles. The van der Waals surface area contributed by atoms with Crippen molar-refractivity contribution in [3.8, 4) is 0 Å². The van der Waals surface area contributed by atoms with Crippen LogP contribution in [0.3, 0.4) is 0 Å². The van der Waals surface area contributed by atoms with Gasteiger partial charge in [-0.1, -0.05) is 12.8 Å². The summed E-state index contributed by atoms with van der Waals surface area (Å²) < 4.78 is 1.65. The van der Waals surface area contributed by atoms with Gasteiger partial charge in [0.15, 0.2) is 0 Å². The summed E-state index contributed by atoms with van der Waals surface area (Å²) in [5.41, 5.74) is 2.77. The number of piperidine rings is 1. The number of nitrogens with zero attached hydrogens (tertiary/aromatic N) is 6. The van der Waals surface area contributed by atoms with Crippen LogP contribution in [-0.2, 0) is 18.3 Å². The summed E-state index contributed by atoms with van der Waals surface area (Å²) in [6, 6.07) is 0.285. The van der Waals surface area contributed by atoms with Crippen LogP contribution < -0.4 is 4.90 Å². The van der Waals surface area contributed by atoms with E-state index in [2.05, 4.69) is 5.10 Å². The summed E-state index contributed by atoms with van der Waals surface area (Å²) >= 11 is 0. The van der Waals surface area contributed by atoms with Gasteiger partial charge in [-0.15, -0.1) is 0 Å². The number of carbonyl (C=O) groups excluding carboxylic acids is 2. The molecule has 0 spiro atoms. The smallest absolute Gasteiger partial charge is 0.257 e. The average Bonchev–Trinajstić information content (AvgIpc) is 3.45. The summed E-state index contributed by atoms with van der Waals surface area (Å²) in [5, 5.41) is 4.11. The van der Waals surface area contributed by atoms with E-state index >= 15 is 0 Å². The van der Waals surface area contributed by atoms with Gasteiger partial charge in [0.05, 0.1) is 11.8 Å². The molecule has 2 fully saturated rings. The maximum atomic E-state index is 12.8. The highest BCUT2D eigenvalue weighted by molar-refractivity contribution is 5.96. The van der Waals surface area contributed by atoms with Crippen molar-refractivity contribution in [2.75, 3.05) is 18.0 Å². The number of rotatable bonds is 3. The molecule has 0 unspecified atom stereocenters. The molecule has 164 valence electrons. The molecule has 0 atom stereocenters. The Morgan fingerprint density at radius 1 is 1.06 bits per heavy atom. The van der Waals surface area contributed by atoms with Gasteiger partial charge in [-0.2, -0.15) is 5.10 Å². The Morgan fingerprint density at radius 2 is 1.81 bits per heavy atom. The van der Waals surface area contributed by atoms with Gasteiger partial charge in [-0.25, -0.2) is 9.97 Å². The van der Waals surface area contributed by atoms with Gasteiger partial charge >= 0.3 is 0 Å². The van der Waals surface area contributed by atoms with Crippen molar-refractivity contribution in [1.82, 2.24) is 24.6 Å². The van der Waals surface area contributed by atoms with Crippen molar-refractivity contribution in [2.45, 2.75) is 70.3 Å². The van der Waals surface area contributed by atoms with Crippen molar-refractivity contribution < 1.29 is 9.59 Å². The lowest BCUT2D eigenvalue weighted by Gasteiger charge is -2.35. The standard InChI is InChI=1S/C23H30N6O2/c1-15-19-7-8-20(30)29(18-5-3-4-6-18)22(19)26-21(25-15)16-9-11-28(12-10-16)23(31)17-13-24-27(2)14-17/h13-14,16,18H,3-12H2,1-2H3.